The first-order chi connectivity index (χ1) is 19.8. The van der Waals surface area contributed by atoms with E-state index in [2.05, 4.69) is 67.7 Å². The SMILES string of the molecule is CCCCCCCCCCC1=C2C=CC(=N2)C=C2C=CC(=N2)C(C2CCCCC2)=C2C=CC(=N2)C=C2C=CC1=N2. The summed E-state index contributed by atoms with van der Waals surface area (Å²) in [5.74, 6) is 0.513. The predicted octanol–water partition coefficient (Wildman–Crippen LogP) is 9.43. The third kappa shape index (κ3) is 6.32. The van der Waals surface area contributed by atoms with Crippen molar-refractivity contribution in [1.82, 2.24) is 0 Å². The highest BCUT2D eigenvalue weighted by Gasteiger charge is 2.26. The number of nitrogens with zero attached hydrogens (tertiary/aromatic N) is 4. The molecular formula is C36H42N4. The van der Waals surface area contributed by atoms with Crippen LogP contribution in [-0.2, 0) is 0 Å². The van der Waals surface area contributed by atoms with Gasteiger partial charge in [0.05, 0.1) is 45.6 Å². The Kier molecular flexibility index (Phi) is 8.61. The van der Waals surface area contributed by atoms with E-state index in [0.29, 0.717) is 5.92 Å². The molecule has 0 saturated heterocycles. The molecule has 4 nitrogen and oxygen atoms in total. The molecular weight excluding hydrogens is 488 g/mol. The molecule has 0 radical (unpaired) electrons. The second kappa shape index (κ2) is 12.8. The van der Waals surface area contributed by atoms with Crippen molar-refractivity contribution in [3.63, 3.8) is 0 Å². The van der Waals surface area contributed by atoms with Crippen LogP contribution in [0.5, 0.6) is 0 Å². The Hall–Kier alpha value is -3.40. The zero-order chi connectivity index (χ0) is 27.1. The highest BCUT2D eigenvalue weighted by atomic mass is 14.9. The topological polar surface area (TPSA) is 49.4 Å². The summed E-state index contributed by atoms with van der Waals surface area (Å²) in [6.07, 6.45) is 39.3. The second-order valence-corrected chi connectivity index (χ2v) is 11.8. The Morgan fingerprint density at radius 1 is 0.575 bits per heavy atom. The minimum Gasteiger partial charge on any atom is -0.249 e. The molecule has 0 N–H and O–H groups in total. The van der Waals surface area contributed by atoms with Gasteiger partial charge in [-0.3, -0.25) is 0 Å². The maximum Gasteiger partial charge on any atom is 0.0694 e. The molecule has 0 aromatic rings. The van der Waals surface area contributed by atoms with Crippen molar-refractivity contribution in [2.45, 2.75) is 96.8 Å². The molecule has 40 heavy (non-hydrogen) atoms. The molecule has 0 atom stereocenters. The first-order valence-corrected chi connectivity index (χ1v) is 15.8. The summed E-state index contributed by atoms with van der Waals surface area (Å²) in [4.78, 5) is 20.3. The fourth-order valence-electron chi connectivity index (χ4n) is 6.54. The molecule has 1 aliphatic carbocycles. The number of unbranched alkanes of at least 4 members (excludes halogenated alkanes) is 7. The molecule has 1 saturated carbocycles. The van der Waals surface area contributed by atoms with Crippen LogP contribution in [0.15, 0.2) is 115 Å². The molecule has 5 heterocycles. The summed E-state index contributed by atoms with van der Waals surface area (Å²) in [6.45, 7) is 2.28. The van der Waals surface area contributed by atoms with E-state index in [4.69, 9.17) is 20.0 Å². The predicted molar refractivity (Wildman–Crippen MR) is 170 cm³/mol. The molecule has 6 rings (SSSR count). The number of hydrogen-bond donors (Lipinski definition) is 0. The third-order valence-corrected chi connectivity index (χ3v) is 8.70. The quantitative estimate of drug-likeness (QED) is 0.253. The lowest BCUT2D eigenvalue weighted by Gasteiger charge is -2.25. The van der Waals surface area contributed by atoms with Crippen LogP contribution in [0.4, 0.5) is 0 Å². The van der Waals surface area contributed by atoms with E-state index in [9.17, 15) is 0 Å². The molecule has 4 heteroatoms. The minimum absolute atomic E-state index is 0.513. The maximum absolute atomic E-state index is 5.09. The Morgan fingerprint density at radius 2 is 1.18 bits per heavy atom. The van der Waals surface area contributed by atoms with Gasteiger partial charge in [0, 0.05) is 11.1 Å². The summed E-state index contributed by atoms with van der Waals surface area (Å²) >= 11 is 0. The number of aliphatic imine (C=N–C) groups is 4. The average molecular weight is 531 g/mol. The van der Waals surface area contributed by atoms with E-state index in [1.807, 2.05) is 0 Å². The van der Waals surface area contributed by atoms with Crippen LogP contribution in [0.3, 0.4) is 0 Å². The van der Waals surface area contributed by atoms with Gasteiger partial charge in [0.15, 0.2) is 0 Å². The van der Waals surface area contributed by atoms with Gasteiger partial charge in [0.2, 0.25) is 0 Å². The van der Waals surface area contributed by atoms with E-state index >= 15 is 0 Å². The van der Waals surface area contributed by atoms with Crippen molar-refractivity contribution in [2.24, 2.45) is 25.9 Å². The van der Waals surface area contributed by atoms with E-state index in [-0.39, 0.29) is 0 Å². The van der Waals surface area contributed by atoms with Crippen LogP contribution in [-0.4, -0.2) is 22.8 Å². The van der Waals surface area contributed by atoms with Crippen molar-refractivity contribution >= 4 is 22.8 Å². The largest absolute Gasteiger partial charge is 0.249 e. The molecule has 1 fully saturated rings. The van der Waals surface area contributed by atoms with E-state index < -0.39 is 0 Å². The van der Waals surface area contributed by atoms with E-state index in [0.717, 1.165) is 52.1 Å². The Bertz CT molecular complexity index is 1390. The maximum atomic E-state index is 5.09. The first-order valence-electron chi connectivity index (χ1n) is 15.8. The van der Waals surface area contributed by atoms with E-state index in [1.54, 1.807) is 0 Å². The summed E-state index contributed by atoms with van der Waals surface area (Å²) < 4.78 is 0. The highest BCUT2D eigenvalue weighted by Crippen LogP contribution is 2.36. The van der Waals surface area contributed by atoms with Gasteiger partial charge in [-0.1, -0.05) is 71.1 Å². The normalized spacial score (nSPS) is 21.7. The van der Waals surface area contributed by atoms with Crippen LogP contribution in [0.25, 0.3) is 0 Å². The second-order valence-electron chi connectivity index (χ2n) is 11.8. The van der Waals surface area contributed by atoms with Crippen LogP contribution in [0.2, 0.25) is 0 Å². The monoisotopic (exact) mass is 530 g/mol. The van der Waals surface area contributed by atoms with E-state index in [1.165, 1.54) is 94.6 Å². The first kappa shape index (κ1) is 26.8. The molecule has 206 valence electrons. The molecule has 8 bridgehead atoms. The number of allylic oxidation sites excluding steroid dienone is 12. The average Bonchev–Trinajstić information content (AvgIpc) is 3.79. The van der Waals surface area contributed by atoms with Gasteiger partial charge in [0.25, 0.3) is 0 Å². The molecule has 0 aromatic heterocycles. The van der Waals surface area contributed by atoms with Gasteiger partial charge in [0.1, 0.15) is 0 Å². The lowest BCUT2D eigenvalue weighted by Crippen LogP contribution is -2.16. The van der Waals surface area contributed by atoms with Crippen LogP contribution in [0, 0.1) is 5.92 Å². The lowest BCUT2D eigenvalue weighted by atomic mass is 9.81. The fraction of sp³-hybridized carbons (Fsp3) is 0.444. The standard InChI is InChI=1S/C36H42N4/c1-2-3-4-5-6-7-8-12-15-31-32-20-16-27(37-32)24-29-18-22-34(39-29)36(26-13-10-9-11-14-26)35-23-19-30(40-35)25-28-17-21-33(31)38-28/h16-26H,2-15H2,1H3. The van der Waals surface area contributed by atoms with Gasteiger partial charge in [-0.05, 0) is 92.4 Å². The van der Waals surface area contributed by atoms with Crippen molar-refractivity contribution in [2.75, 3.05) is 0 Å². The fourth-order valence-corrected chi connectivity index (χ4v) is 6.54. The molecule has 0 spiro atoms. The molecule has 0 unspecified atom stereocenters. The van der Waals surface area contributed by atoms with Gasteiger partial charge < -0.3 is 0 Å². The van der Waals surface area contributed by atoms with Crippen molar-refractivity contribution in [3.8, 4) is 0 Å². The third-order valence-electron chi connectivity index (χ3n) is 8.70. The zero-order valence-corrected chi connectivity index (χ0v) is 24.0. The molecule has 6 aliphatic rings. The van der Waals surface area contributed by atoms with Crippen LogP contribution < -0.4 is 0 Å². The highest BCUT2D eigenvalue weighted by molar-refractivity contribution is 6.17. The summed E-state index contributed by atoms with van der Waals surface area (Å²) in [7, 11) is 0. The summed E-state index contributed by atoms with van der Waals surface area (Å²) in [6, 6.07) is 0. The van der Waals surface area contributed by atoms with Gasteiger partial charge in [-0.15, -0.1) is 0 Å². The van der Waals surface area contributed by atoms with Gasteiger partial charge in [-0.2, -0.15) is 0 Å². The van der Waals surface area contributed by atoms with Crippen molar-refractivity contribution in [1.29, 1.82) is 0 Å². The Balaban J connectivity index is 1.29. The summed E-state index contributed by atoms with van der Waals surface area (Å²) in [5.41, 5.74) is 10.6. The Morgan fingerprint density at radius 3 is 1.90 bits per heavy atom. The number of fused-ring (bicyclic) bond motifs is 4. The zero-order valence-electron chi connectivity index (χ0n) is 24.0. The lowest BCUT2D eigenvalue weighted by molar-refractivity contribution is 0.410. The smallest absolute Gasteiger partial charge is 0.0694 e. The van der Waals surface area contributed by atoms with Gasteiger partial charge >= 0.3 is 0 Å². The molecule has 5 aliphatic heterocycles. The molecule has 0 amide bonds. The number of rotatable bonds is 10. The molecule has 0 aromatic carbocycles. The number of hydrogen-bond acceptors (Lipinski definition) is 4. The summed E-state index contributed by atoms with van der Waals surface area (Å²) in [5, 5.41) is 0. The van der Waals surface area contributed by atoms with Crippen LogP contribution >= 0.6 is 0 Å². The van der Waals surface area contributed by atoms with Crippen molar-refractivity contribution < 1.29 is 0 Å². The van der Waals surface area contributed by atoms with Gasteiger partial charge in [-0.25, -0.2) is 20.0 Å². The van der Waals surface area contributed by atoms with Crippen molar-refractivity contribution in [3.05, 3.63) is 94.7 Å². The Labute approximate surface area is 240 Å². The minimum atomic E-state index is 0.513. The van der Waals surface area contributed by atoms with Crippen LogP contribution in [0.1, 0.15) is 96.8 Å².